The van der Waals surface area contributed by atoms with Gasteiger partial charge in [0.1, 0.15) is 0 Å². The van der Waals surface area contributed by atoms with Crippen LogP contribution in [0.2, 0.25) is 0 Å². The molecule has 45 heavy (non-hydrogen) atoms. The predicted octanol–water partition coefficient (Wildman–Crippen LogP) is -0.819. The third-order valence-electron chi connectivity index (χ3n) is 5.66. The predicted molar refractivity (Wildman–Crippen MR) is 176 cm³/mol. The second kappa shape index (κ2) is 32.3. The number of hydrogen-bond donors (Lipinski definition) is 2. The first-order valence-corrected chi connectivity index (χ1v) is 14.3. The van der Waals surface area contributed by atoms with Crippen LogP contribution in [0.15, 0.2) is 101 Å². The zero-order chi connectivity index (χ0) is 29.9. The number of rotatable bonds is 12. The number of halogens is 2. The Morgan fingerprint density at radius 1 is 0.844 bits per heavy atom. The molecule has 4 N–H and O–H groups in total. The maximum absolute atomic E-state index is 8.90. The van der Waals surface area contributed by atoms with Crippen molar-refractivity contribution in [3.63, 3.8) is 0 Å². The van der Waals surface area contributed by atoms with E-state index < -0.39 is 0 Å². The number of azide groups is 1. The molecule has 3 aromatic carbocycles. The molecule has 1 aliphatic heterocycles. The van der Waals surface area contributed by atoms with Gasteiger partial charge in [-0.25, -0.2) is 0 Å². The smallest absolute Gasteiger partial charge is 1.00 e. The molecule has 1 fully saturated rings. The number of hydrogen-bond acceptors (Lipinski definition) is 6. The van der Waals surface area contributed by atoms with Crippen molar-refractivity contribution < 1.29 is 88.8 Å². The molecular weight excluding hydrogens is 640 g/mol. The summed E-state index contributed by atoms with van der Waals surface area (Å²) in [6, 6.07) is 28.6. The van der Waals surface area contributed by atoms with Crippen LogP contribution >= 0.6 is 12.4 Å². The number of fused-ring (bicyclic) bond motifs is 1. The van der Waals surface area contributed by atoms with Crippen LogP contribution in [0.1, 0.15) is 28.7 Å². The average Bonchev–Trinajstić information content (AvgIpc) is 3.95. The Labute approximate surface area is 322 Å². The molecule has 1 aliphatic carbocycles. The minimum atomic E-state index is 0. The summed E-state index contributed by atoms with van der Waals surface area (Å²) in [5.74, 6) is 0. The van der Waals surface area contributed by atoms with E-state index in [-0.39, 0.29) is 82.8 Å². The molecule has 0 amide bonds. The molecule has 0 atom stereocenters. The van der Waals surface area contributed by atoms with E-state index in [9.17, 15) is 0 Å². The number of allylic oxidation sites excluding steroid dienone is 1. The molecule has 12 heteroatoms. The van der Waals surface area contributed by atoms with E-state index in [0.29, 0.717) is 39.5 Å². The molecule has 1 saturated heterocycles. The van der Waals surface area contributed by atoms with Crippen molar-refractivity contribution in [3.05, 3.63) is 124 Å². The third-order valence-corrected chi connectivity index (χ3v) is 5.66. The van der Waals surface area contributed by atoms with Crippen molar-refractivity contribution in [2.45, 2.75) is 12.8 Å². The Morgan fingerprint density at radius 2 is 1.40 bits per heavy atom. The van der Waals surface area contributed by atoms with Crippen molar-refractivity contribution in [1.29, 1.82) is 0 Å². The first kappa shape index (κ1) is 45.5. The minimum absolute atomic E-state index is 0. The Bertz CT molecular complexity index is 1170. The van der Waals surface area contributed by atoms with E-state index in [1.807, 2.05) is 60.7 Å². The van der Waals surface area contributed by atoms with E-state index >= 15 is 0 Å². The van der Waals surface area contributed by atoms with Crippen LogP contribution in [-0.2, 0) is 20.6 Å². The number of nitrogens with zero attached hydrogens (tertiary/aromatic N) is 4. The SMILES string of the molecule is C1=Cc2ccccc2CC1.C1CO1.Cl.OCCN=C(c1ccccc1)c1ccccc1.[Cl-].[K+].[N-]=[N+]=NCCOCCOCC[NH3+]. The molecule has 1 heterocycles. The van der Waals surface area contributed by atoms with Crippen LogP contribution < -0.4 is 69.5 Å². The Hall–Kier alpha value is -1.60. The summed E-state index contributed by atoms with van der Waals surface area (Å²) in [7, 11) is 0. The fraction of sp³-hybridized carbons (Fsp3) is 0.364. The van der Waals surface area contributed by atoms with Gasteiger partial charge in [0.25, 0.3) is 0 Å². The molecular formula is C33H45Cl2KN5O4+. The van der Waals surface area contributed by atoms with Gasteiger partial charge in [0.2, 0.25) is 0 Å². The van der Waals surface area contributed by atoms with Gasteiger partial charge >= 0.3 is 51.4 Å². The molecule has 0 radical (unpaired) electrons. The number of aliphatic hydroxyl groups is 1. The topological polar surface area (TPSA) is 140 Å². The van der Waals surface area contributed by atoms with Gasteiger partial charge in [0.05, 0.1) is 65.0 Å². The molecule has 0 aromatic heterocycles. The quantitative estimate of drug-likeness (QED) is 0.0490. The number of quaternary nitrogens is 1. The van der Waals surface area contributed by atoms with Crippen molar-refractivity contribution in [1.82, 2.24) is 0 Å². The zero-order valence-electron chi connectivity index (χ0n) is 26.2. The van der Waals surface area contributed by atoms with Crippen LogP contribution in [0.3, 0.4) is 0 Å². The van der Waals surface area contributed by atoms with E-state index in [2.05, 4.69) is 61.9 Å². The number of aryl methyl sites for hydroxylation is 1. The number of ether oxygens (including phenoxy) is 3. The van der Waals surface area contributed by atoms with Gasteiger partial charge in [-0.3, -0.25) is 4.99 Å². The summed E-state index contributed by atoms with van der Waals surface area (Å²) in [6.07, 6.45) is 6.87. The van der Waals surface area contributed by atoms with Gasteiger partial charge in [0.15, 0.2) is 0 Å². The average molecular weight is 686 g/mol. The van der Waals surface area contributed by atoms with Crippen molar-refractivity contribution in [2.75, 3.05) is 65.9 Å². The number of aliphatic imine (C=N–C) groups is 1. The van der Waals surface area contributed by atoms with E-state index in [1.54, 1.807) is 0 Å². The number of benzene rings is 3. The van der Waals surface area contributed by atoms with Crippen LogP contribution in [0.5, 0.6) is 0 Å². The first-order valence-electron chi connectivity index (χ1n) is 14.3. The van der Waals surface area contributed by atoms with Crippen LogP contribution in [0.25, 0.3) is 16.5 Å². The van der Waals surface area contributed by atoms with Gasteiger partial charge < -0.3 is 37.5 Å². The summed E-state index contributed by atoms with van der Waals surface area (Å²) >= 11 is 0. The Balaban J connectivity index is 0. The van der Waals surface area contributed by atoms with Crippen LogP contribution in [0, 0.1) is 0 Å². The third kappa shape index (κ3) is 23.4. The number of epoxide rings is 1. The van der Waals surface area contributed by atoms with Gasteiger partial charge in [0, 0.05) is 22.6 Å². The van der Waals surface area contributed by atoms with Gasteiger partial charge in [-0.2, -0.15) is 0 Å². The van der Waals surface area contributed by atoms with Crippen molar-refractivity contribution in [2.24, 2.45) is 10.1 Å². The fourth-order valence-electron chi connectivity index (χ4n) is 3.65. The van der Waals surface area contributed by atoms with Crippen LogP contribution in [-0.4, -0.2) is 76.7 Å². The molecule has 3 aromatic rings. The second-order valence-corrected chi connectivity index (χ2v) is 8.97. The molecule has 0 bridgehead atoms. The largest absolute Gasteiger partial charge is 1.00 e. The monoisotopic (exact) mass is 684 g/mol. The maximum atomic E-state index is 8.90. The molecule has 2 aliphatic rings. The fourth-order valence-corrected chi connectivity index (χ4v) is 3.65. The second-order valence-electron chi connectivity index (χ2n) is 8.97. The normalized spacial score (nSPS) is 11.2. The summed E-state index contributed by atoms with van der Waals surface area (Å²) in [4.78, 5) is 7.04. The first-order chi connectivity index (χ1) is 20.8. The summed E-state index contributed by atoms with van der Waals surface area (Å²) < 4.78 is 14.7. The molecule has 9 nitrogen and oxygen atoms in total. The standard InChI is InChI=1S/C15H15NO.C10H10.C6H14N4O2.C2H4O.2ClH.K/c17-12-11-16-15(13-7-3-1-4-8-13)14-9-5-2-6-10-14;1-2-6-10-8-4-3-7-9(10)5-1;7-1-3-11-5-6-12-4-2-9-10-8;1-2-3-1;;;/h1-10,17H,11-12H2;1-3,5-7H,4,8H2;1-7H2;1-2H2;2*1H;/q;;;;;;+1. The number of aliphatic hydroxyl groups excluding tert-OH is 1. The van der Waals surface area contributed by atoms with Crippen molar-refractivity contribution >= 4 is 24.2 Å². The van der Waals surface area contributed by atoms with E-state index in [0.717, 1.165) is 36.6 Å². The maximum Gasteiger partial charge on any atom is 1.00 e. The van der Waals surface area contributed by atoms with E-state index in [1.165, 1.54) is 24.0 Å². The summed E-state index contributed by atoms with van der Waals surface area (Å²) in [5.41, 5.74) is 17.5. The summed E-state index contributed by atoms with van der Waals surface area (Å²) in [5, 5.41) is 12.2. The molecule has 240 valence electrons. The van der Waals surface area contributed by atoms with Gasteiger partial charge in [-0.05, 0) is 29.5 Å². The molecule has 0 saturated carbocycles. The molecule has 0 spiro atoms. The summed E-state index contributed by atoms with van der Waals surface area (Å²) in [6.45, 7) is 5.90. The Morgan fingerprint density at radius 3 is 1.91 bits per heavy atom. The van der Waals surface area contributed by atoms with Crippen LogP contribution in [0.4, 0.5) is 0 Å². The van der Waals surface area contributed by atoms with Crippen molar-refractivity contribution in [3.8, 4) is 0 Å². The Kier molecular flexibility index (Phi) is 32.7. The van der Waals surface area contributed by atoms with Gasteiger partial charge in [-0.15, -0.1) is 12.4 Å². The minimum Gasteiger partial charge on any atom is -1.00 e. The van der Waals surface area contributed by atoms with Gasteiger partial charge in [-0.1, -0.05) is 102 Å². The molecule has 0 unspecified atom stereocenters. The molecule has 5 rings (SSSR count). The zero-order valence-corrected chi connectivity index (χ0v) is 30.9. The van der Waals surface area contributed by atoms with E-state index in [4.69, 9.17) is 20.1 Å².